The molecule has 0 aliphatic rings. The zero-order chi connectivity index (χ0) is 17.4. The molecule has 2 amide bonds. The topological polar surface area (TPSA) is 58.2 Å². The van der Waals surface area contributed by atoms with Crippen molar-refractivity contribution in [2.24, 2.45) is 0 Å². The van der Waals surface area contributed by atoms with Gasteiger partial charge in [-0.25, -0.2) is 4.39 Å². The van der Waals surface area contributed by atoms with E-state index in [4.69, 9.17) is 0 Å². The van der Waals surface area contributed by atoms with Gasteiger partial charge in [0.25, 0.3) is 5.91 Å². The summed E-state index contributed by atoms with van der Waals surface area (Å²) in [6, 6.07) is 13.7. The Kier molecular flexibility index (Phi) is 6.81. The van der Waals surface area contributed by atoms with Crippen molar-refractivity contribution in [3.63, 3.8) is 0 Å². The maximum atomic E-state index is 13.2. The minimum Gasteiger partial charge on any atom is -0.340 e. The molecule has 126 valence electrons. The Morgan fingerprint density at radius 1 is 1.12 bits per heavy atom. The van der Waals surface area contributed by atoms with Gasteiger partial charge in [-0.2, -0.15) is 11.8 Å². The molecule has 0 bridgehead atoms. The lowest BCUT2D eigenvalue weighted by Crippen LogP contribution is -2.44. The first-order chi connectivity index (χ1) is 11.6. The highest BCUT2D eigenvalue weighted by Gasteiger charge is 2.21. The average molecular weight is 346 g/mol. The van der Waals surface area contributed by atoms with Crippen molar-refractivity contribution >= 4 is 29.3 Å². The van der Waals surface area contributed by atoms with Crippen LogP contribution in [0, 0.1) is 5.82 Å². The molecule has 0 saturated heterocycles. The minimum absolute atomic E-state index is 0.309. The molecule has 24 heavy (non-hydrogen) atoms. The van der Waals surface area contributed by atoms with E-state index < -0.39 is 11.9 Å². The molecule has 2 rings (SSSR count). The summed E-state index contributed by atoms with van der Waals surface area (Å²) in [6.07, 6.45) is 2.42. The lowest BCUT2D eigenvalue weighted by molar-refractivity contribution is -0.118. The van der Waals surface area contributed by atoms with E-state index in [1.54, 1.807) is 42.1 Å². The molecule has 0 radical (unpaired) electrons. The number of benzene rings is 2. The van der Waals surface area contributed by atoms with Crippen LogP contribution in [0.4, 0.5) is 10.1 Å². The molecule has 2 aromatic rings. The lowest BCUT2D eigenvalue weighted by Gasteiger charge is -2.18. The number of halogens is 1. The van der Waals surface area contributed by atoms with Gasteiger partial charge in [-0.1, -0.05) is 24.3 Å². The van der Waals surface area contributed by atoms with Gasteiger partial charge in [0.05, 0.1) is 0 Å². The molecular weight excluding hydrogens is 327 g/mol. The van der Waals surface area contributed by atoms with Crippen LogP contribution in [0.3, 0.4) is 0 Å². The fourth-order valence-corrected chi connectivity index (χ4v) is 2.60. The fraction of sp³-hybridized carbons (Fsp3) is 0.222. The van der Waals surface area contributed by atoms with Crippen LogP contribution in [0.25, 0.3) is 0 Å². The van der Waals surface area contributed by atoms with Crippen LogP contribution in [0.1, 0.15) is 16.8 Å². The van der Waals surface area contributed by atoms with Gasteiger partial charge in [0, 0.05) is 11.3 Å². The van der Waals surface area contributed by atoms with Crippen LogP contribution >= 0.6 is 11.8 Å². The predicted molar refractivity (Wildman–Crippen MR) is 95.7 cm³/mol. The van der Waals surface area contributed by atoms with Crippen molar-refractivity contribution in [1.29, 1.82) is 0 Å². The zero-order valence-electron chi connectivity index (χ0n) is 13.3. The van der Waals surface area contributed by atoms with Gasteiger partial charge in [0.15, 0.2) is 0 Å². The van der Waals surface area contributed by atoms with Crippen molar-refractivity contribution in [2.75, 3.05) is 17.3 Å². The SMILES string of the molecule is CSCC[C@@H](NC(=O)c1ccccc1)C(=O)Nc1cccc(F)c1. The normalized spacial score (nSPS) is 11.6. The highest BCUT2D eigenvalue weighted by molar-refractivity contribution is 7.98. The third-order valence-corrected chi connectivity index (χ3v) is 4.00. The highest BCUT2D eigenvalue weighted by atomic mass is 32.2. The van der Waals surface area contributed by atoms with E-state index in [2.05, 4.69) is 10.6 Å². The summed E-state index contributed by atoms with van der Waals surface area (Å²) in [4.78, 5) is 24.7. The maximum absolute atomic E-state index is 13.2. The number of rotatable bonds is 7. The molecule has 0 spiro atoms. The summed E-state index contributed by atoms with van der Waals surface area (Å²) in [7, 11) is 0. The van der Waals surface area contributed by atoms with E-state index in [1.807, 2.05) is 12.3 Å². The zero-order valence-corrected chi connectivity index (χ0v) is 14.1. The first-order valence-electron chi connectivity index (χ1n) is 7.51. The molecule has 2 N–H and O–H groups in total. The summed E-state index contributed by atoms with van der Waals surface area (Å²) in [5, 5.41) is 5.39. The van der Waals surface area contributed by atoms with E-state index in [1.165, 1.54) is 18.2 Å². The maximum Gasteiger partial charge on any atom is 0.251 e. The van der Waals surface area contributed by atoms with Crippen LogP contribution < -0.4 is 10.6 Å². The van der Waals surface area contributed by atoms with E-state index in [0.717, 1.165) is 5.75 Å². The molecule has 6 heteroatoms. The predicted octanol–water partition coefficient (Wildman–Crippen LogP) is 3.32. The summed E-state index contributed by atoms with van der Waals surface area (Å²) < 4.78 is 13.2. The monoisotopic (exact) mass is 346 g/mol. The highest BCUT2D eigenvalue weighted by Crippen LogP contribution is 2.11. The second-order valence-electron chi connectivity index (χ2n) is 5.17. The lowest BCUT2D eigenvalue weighted by atomic mass is 10.1. The van der Waals surface area contributed by atoms with Gasteiger partial charge in [-0.3, -0.25) is 9.59 Å². The van der Waals surface area contributed by atoms with E-state index in [-0.39, 0.29) is 11.8 Å². The van der Waals surface area contributed by atoms with Crippen LogP contribution in [-0.2, 0) is 4.79 Å². The molecule has 0 heterocycles. The smallest absolute Gasteiger partial charge is 0.251 e. The molecule has 4 nitrogen and oxygen atoms in total. The van der Waals surface area contributed by atoms with Crippen molar-refractivity contribution in [3.05, 3.63) is 66.0 Å². The number of thioether (sulfide) groups is 1. The quantitative estimate of drug-likeness (QED) is 0.809. The first-order valence-corrected chi connectivity index (χ1v) is 8.91. The molecule has 0 saturated carbocycles. The summed E-state index contributed by atoms with van der Waals surface area (Å²) in [6.45, 7) is 0. The number of amides is 2. The van der Waals surface area contributed by atoms with E-state index >= 15 is 0 Å². The van der Waals surface area contributed by atoms with Crippen LogP contribution in [0.2, 0.25) is 0 Å². The van der Waals surface area contributed by atoms with E-state index in [0.29, 0.717) is 17.7 Å². The Labute approximate surface area is 144 Å². The van der Waals surface area contributed by atoms with Gasteiger partial charge in [-0.15, -0.1) is 0 Å². The second-order valence-corrected chi connectivity index (χ2v) is 6.16. The summed E-state index contributed by atoms with van der Waals surface area (Å²) >= 11 is 1.59. The number of carbonyl (C=O) groups excluding carboxylic acids is 2. The number of carbonyl (C=O) groups is 2. The van der Waals surface area contributed by atoms with Crippen LogP contribution in [0.15, 0.2) is 54.6 Å². The molecule has 0 aliphatic carbocycles. The van der Waals surface area contributed by atoms with Crippen LogP contribution in [-0.4, -0.2) is 29.9 Å². The number of nitrogens with one attached hydrogen (secondary N) is 2. The standard InChI is InChI=1S/C18H19FN2O2S/c1-24-11-10-16(21-17(22)13-6-3-2-4-7-13)18(23)20-15-9-5-8-14(19)12-15/h2-9,12,16H,10-11H2,1H3,(H,20,23)(H,21,22)/t16-/m1/s1. The van der Waals surface area contributed by atoms with Gasteiger partial charge in [0.1, 0.15) is 11.9 Å². The van der Waals surface area contributed by atoms with E-state index in [9.17, 15) is 14.0 Å². The largest absolute Gasteiger partial charge is 0.340 e. The van der Waals surface area contributed by atoms with Gasteiger partial charge >= 0.3 is 0 Å². The Morgan fingerprint density at radius 2 is 1.88 bits per heavy atom. The molecule has 0 aliphatic heterocycles. The van der Waals surface area contributed by atoms with Crippen molar-refractivity contribution in [2.45, 2.75) is 12.5 Å². The summed E-state index contributed by atoms with van der Waals surface area (Å²) in [5.74, 6) is -0.382. The molecule has 1 atom stereocenters. The minimum atomic E-state index is -0.687. The first kappa shape index (κ1) is 18.0. The van der Waals surface area contributed by atoms with Gasteiger partial charge in [0.2, 0.25) is 5.91 Å². The fourth-order valence-electron chi connectivity index (χ4n) is 2.13. The van der Waals surface area contributed by atoms with Gasteiger partial charge < -0.3 is 10.6 Å². The Morgan fingerprint density at radius 3 is 2.54 bits per heavy atom. The molecule has 0 fully saturated rings. The van der Waals surface area contributed by atoms with Gasteiger partial charge in [-0.05, 0) is 48.8 Å². The third kappa shape index (κ3) is 5.38. The van der Waals surface area contributed by atoms with Crippen molar-refractivity contribution in [1.82, 2.24) is 5.32 Å². The van der Waals surface area contributed by atoms with Crippen LogP contribution in [0.5, 0.6) is 0 Å². The Hall–Kier alpha value is -2.34. The third-order valence-electron chi connectivity index (χ3n) is 3.36. The number of hydrogen-bond acceptors (Lipinski definition) is 3. The second kappa shape index (κ2) is 9.08. The molecule has 2 aromatic carbocycles. The Bertz CT molecular complexity index is 694. The summed E-state index contributed by atoms with van der Waals surface area (Å²) in [5.41, 5.74) is 0.855. The Balaban J connectivity index is 2.06. The molecule has 0 unspecified atom stereocenters. The van der Waals surface area contributed by atoms with Crippen molar-refractivity contribution < 1.29 is 14.0 Å². The number of hydrogen-bond donors (Lipinski definition) is 2. The molecule has 0 aromatic heterocycles. The average Bonchev–Trinajstić information content (AvgIpc) is 2.59. The number of anilines is 1. The van der Waals surface area contributed by atoms with Crippen molar-refractivity contribution in [3.8, 4) is 0 Å². The molecular formula is C18H19FN2O2S.